The molecule has 1 atom stereocenters. The lowest BCUT2D eigenvalue weighted by molar-refractivity contribution is 0.118. The summed E-state index contributed by atoms with van der Waals surface area (Å²) in [6.45, 7) is 0. The largest absolute Gasteiger partial charge is 0.319 e. The van der Waals surface area contributed by atoms with E-state index in [1.165, 1.54) is 11.3 Å². The van der Waals surface area contributed by atoms with E-state index in [-0.39, 0.29) is 0 Å². The van der Waals surface area contributed by atoms with Crippen molar-refractivity contribution >= 4 is 11.3 Å². The molecule has 1 heterocycles. The van der Waals surface area contributed by atoms with Gasteiger partial charge in [-0.1, -0.05) is 6.07 Å². The summed E-state index contributed by atoms with van der Waals surface area (Å²) in [6.07, 6.45) is -2.46. The van der Waals surface area contributed by atoms with Crippen LogP contribution >= 0.6 is 11.3 Å². The highest BCUT2D eigenvalue weighted by Crippen LogP contribution is 2.21. The molecule has 0 spiro atoms. The van der Waals surface area contributed by atoms with Crippen molar-refractivity contribution in [2.24, 2.45) is 5.73 Å². The normalized spacial score (nSPS) is 14.0. The van der Waals surface area contributed by atoms with Crippen molar-refractivity contribution < 1.29 is 8.78 Å². The van der Waals surface area contributed by atoms with Gasteiger partial charge in [-0.25, -0.2) is 8.78 Å². The number of thiophene rings is 1. The van der Waals surface area contributed by atoms with Gasteiger partial charge < -0.3 is 5.73 Å². The predicted octanol–water partition coefficient (Wildman–Crippen LogP) is 2.01. The third kappa shape index (κ3) is 1.52. The molecular formula is C6H7F2NS. The summed E-state index contributed by atoms with van der Waals surface area (Å²) >= 11 is 1.25. The van der Waals surface area contributed by atoms with E-state index in [4.69, 9.17) is 5.73 Å². The zero-order chi connectivity index (χ0) is 7.56. The third-order valence-corrected chi connectivity index (χ3v) is 2.12. The number of alkyl halides is 2. The zero-order valence-corrected chi connectivity index (χ0v) is 5.94. The van der Waals surface area contributed by atoms with Crippen molar-refractivity contribution in [2.75, 3.05) is 0 Å². The molecule has 2 N–H and O–H groups in total. The van der Waals surface area contributed by atoms with Crippen LogP contribution in [0.15, 0.2) is 17.5 Å². The standard InChI is InChI=1S/C6H7F2NS/c7-6(8)5(9)4-2-1-3-10-4/h1-3,5-6H,9H2. The van der Waals surface area contributed by atoms with Gasteiger partial charge in [0, 0.05) is 4.88 Å². The molecule has 1 unspecified atom stereocenters. The quantitative estimate of drug-likeness (QED) is 0.709. The fraction of sp³-hybridized carbons (Fsp3) is 0.333. The van der Waals surface area contributed by atoms with Gasteiger partial charge in [0.15, 0.2) is 0 Å². The summed E-state index contributed by atoms with van der Waals surface area (Å²) in [7, 11) is 0. The lowest BCUT2D eigenvalue weighted by Crippen LogP contribution is -2.17. The topological polar surface area (TPSA) is 26.0 Å². The predicted molar refractivity (Wildman–Crippen MR) is 37.3 cm³/mol. The second-order valence-electron chi connectivity index (χ2n) is 1.88. The van der Waals surface area contributed by atoms with Crippen molar-refractivity contribution in [1.29, 1.82) is 0 Å². The number of hydrogen-bond acceptors (Lipinski definition) is 2. The highest BCUT2D eigenvalue weighted by molar-refractivity contribution is 7.10. The first-order chi connectivity index (χ1) is 4.72. The van der Waals surface area contributed by atoms with Crippen LogP contribution in [-0.4, -0.2) is 6.43 Å². The van der Waals surface area contributed by atoms with Crippen molar-refractivity contribution in [1.82, 2.24) is 0 Å². The van der Waals surface area contributed by atoms with Crippen molar-refractivity contribution in [3.05, 3.63) is 22.4 Å². The summed E-state index contributed by atoms with van der Waals surface area (Å²) in [5.41, 5.74) is 5.14. The van der Waals surface area contributed by atoms with Gasteiger partial charge in [0.2, 0.25) is 0 Å². The van der Waals surface area contributed by atoms with Gasteiger partial charge in [0.05, 0.1) is 0 Å². The van der Waals surface area contributed by atoms with Crippen molar-refractivity contribution in [3.63, 3.8) is 0 Å². The first-order valence-corrected chi connectivity index (χ1v) is 3.67. The van der Waals surface area contributed by atoms with Crippen molar-refractivity contribution in [2.45, 2.75) is 12.5 Å². The molecular weight excluding hydrogens is 156 g/mol. The van der Waals surface area contributed by atoms with Crippen LogP contribution in [-0.2, 0) is 0 Å². The molecule has 4 heteroatoms. The molecule has 0 aromatic carbocycles. The fourth-order valence-electron chi connectivity index (χ4n) is 0.605. The minimum absolute atomic E-state index is 0.537. The maximum absolute atomic E-state index is 11.9. The van der Waals surface area contributed by atoms with Gasteiger partial charge in [0.25, 0.3) is 6.43 Å². The molecule has 0 saturated heterocycles. The van der Waals surface area contributed by atoms with Crippen LogP contribution in [0.4, 0.5) is 8.78 Å². The maximum Gasteiger partial charge on any atom is 0.258 e. The second kappa shape index (κ2) is 3.07. The van der Waals surface area contributed by atoms with Crippen LogP contribution in [0.2, 0.25) is 0 Å². The average Bonchev–Trinajstić information content (AvgIpc) is 2.36. The van der Waals surface area contributed by atoms with Gasteiger partial charge in [-0.3, -0.25) is 0 Å². The number of hydrogen-bond donors (Lipinski definition) is 1. The van der Waals surface area contributed by atoms with E-state index in [1.807, 2.05) is 0 Å². The summed E-state index contributed by atoms with van der Waals surface area (Å²) in [5, 5.41) is 1.73. The maximum atomic E-state index is 11.9. The first kappa shape index (κ1) is 7.63. The minimum atomic E-state index is -2.46. The summed E-state index contributed by atoms with van der Waals surface area (Å²) in [5.74, 6) is 0. The van der Waals surface area contributed by atoms with Gasteiger partial charge in [-0.05, 0) is 11.4 Å². The molecule has 0 bridgehead atoms. The Morgan fingerprint density at radius 2 is 2.20 bits per heavy atom. The molecule has 56 valence electrons. The molecule has 10 heavy (non-hydrogen) atoms. The smallest absolute Gasteiger partial charge is 0.258 e. The minimum Gasteiger partial charge on any atom is -0.319 e. The lowest BCUT2D eigenvalue weighted by atomic mass is 10.3. The van der Waals surface area contributed by atoms with Crippen LogP contribution in [0.5, 0.6) is 0 Å². The Hall–Kier alpha value is -0.480. The Labute approximate surface area is 61.5 Å². The van der Waals surface area contributed by atoms with Crippen LogP contribution in [0, 0.1) is 0 Å². The molecule has 0 fully saturated rings. The van der Waals surface area contributed by atoms with Crippen LogP contribution in [0.1, 0.15) is 10.9 Å². The Kier molecular flexibility index (Phi) is 2.34. The van der Waals surface area contributed by atoms with Crippen LogP contribution < -0.4 is 5.73 Å². The van der Waals surface area contributed by atoms with E-state index in [2.05, 4.69) is 0 Å². The van der Waals surface area contributed by atoms with Gasteiger partial charge in [-0.15, -0.1) is 11.3 Å². The first-order valence-electron chi connectivity index (χ1n) is 2.79. The Bertz CT molecular complexity index is 186. The third-order valence-electron chi connectivity index (χ3n) is 1.14. The van der Waals surface area contributed by atoms with E-state index in [0.29, 0.717) is 4.88 Å². The number of nitrogens with two attached hydrogens (primary N) is 1. The fourth-order valence-corrected chi connectivity index (χ4v) is 1.34. The Balaban J connectivity index is 2.68. The van der Waals surface area contributed by atoms with Crippen molar-refractivity contribution in [3.8, 4) is 0 Å². The molecule has 1 rings (SSSR count). The highest BCUT2D eigenvalue weighted by Gasteiger charge is 2.17. The summed E-state index contributed by atoms with van der Waals surface area (Å²) < 4.78 is 23.7. The lowest BCUT2D eigenvalue weighted by Gasteiger charge is -2.05. The second-order valence-corrected chi connectivity index (χ2v) is 2.85. The van der Waals surface area contributed by atoms with E-state index < -0.39 is 12.5 Å². The number of halogens is 2. The van der Waals surface area contributed by atoms with E-state index in [1.54, 1.807) is 17.5 Å². The molecule has 1 aromatic rings. The molecule has 0 amide bonds. The van der Waals surface area contributed by atoms with Gasteiger partial charge in [-0.2, -0.15) is 0 Å². The molecule has 0 radical (unpaired) electrons. The van der Waals surface area contributed by atoms with E-state index in [0.717, 1.165) is 0 Å². The number of rotatable bonds is 2. The molecule has 0 saturated carbocycles. The van der Waals surface area contributed by atoms with Crippen LogP contribution in [0.25, 0.3) is 0 Å². The Morgan fingerprint density at radius 1 is 1.50 bits per heavy atom. The monoisotopic (exact) mass is 163 g/mol. The van der Waals surface area contributed by atoms with Gasteiger partial charge >= 0.3 is 0 Å². The Morgan fingerprint density at radius 3 is 2.60 bits per heavy atom. The molecule has 0 aliphatic carbocycles. The summed E-state index contributed by atoms with van der Waals surface area (Å²) in [6, 6.07) is 2.21. The molecule has 1 nitrogen and oxygen atoms in total. The van der Waals surface area contributed by atoms with Gasteiger partial charge in [0.1, 0.15) is 6.04 Å². The molecule has 1 aromatic heterocycles. The summed E-state index contributed by atoms with van der Waals surface area (Å²) in [4.78, 5) is 0.537. The molecule has 0 aliphatic heterocycles. The highest BCUT2D eigenvalue weighted by atomic mass is 32.1. The zero-order valence-electron chi connectivity index (χ0n) is 5.13. The average molecular weight is 163 g/mol. The van der Waals surface area contributed by atoms with E-state index in [9.17, 15) is 8.78 Å². The van der Waals surface area contributed by atoms with Crippen LogP contribution in [0.3, 0.4) is 0 Å². The SMILES string of the molecule is NC(c1cccs1)C(F)F. The molecule has 0 aliphatic rings. The van der Waals surface area contributed by atoms with E-state index >= 15 is 0 Å².